The Labute approximate surface area is 126 Å². The second kappa shape index (κ2) is 7.03. The lowest BCUT2D eigenvalue weighted by Crippen LogP contribution is -2.19. The van der Waals surface area contributed by atoms with Crippen molar-refractivity contribution in [3.8, 4) is 0 Å². The molecule has 1 fully saturated rings. The van der Waals surface area contributed by atoms with E-state index in [0.29, 0.717) is 24.1 Å². The first-order chi connectivity index (χ1) is 10.0. The van der Waals surface area contributed by atoms with Gasteiger partial charge in [0, 0.05) is 5.56 Å². The van der Waals surface area contributed by atoms with E-state index in [1.54, 1.807) is 19.9 Å². The molecule has 1 aliphatic heterocycles. The maximum Gasteiger partial charge on any atom is 0.361 e. The molecule has 1 aromatic carbocycles. The topological polar surface area (TPSA) is 54.0 Å². The SMILES string of the molecule is CCOP(=O)(OCC)c1ccccc1C1O[C@H](C)[C@@H](C)O1. The van der Waals surface area contributed by atoms with Crippen LogP contribution in [0.3, 0.4) is 0 Å². The molecule has 2 rings (SSSR count). The summed E-state index contributed by atoms with van der Waals surface area (Å²) in [5.41, 5.74) is 0.707. The first-order valence-corrected chi connectivity index (χ1v) is 8.85. The predicted octanol–water partition coefficient (Wildman–Crippen LogP) is 3.40. The Morgan fingerprint density at radius 3 is 2.10 bits per heavy atom. The molecule has 0 spiro atoms. The normalized spacial score (nSPS) is 23.6. The van der Waals surface area contributed by atoms with Gasteiger partial charge in [-0.15, -0.1) is 0 Å². The van der Waals surface area contributed by atoms with Crippen molar-refractivity contribution >= 4 is 12.9 Å². The van der Waals surface area contributed by atoms with E-state index < -0.39 is 13.9 Å². The summed E-state index contributed by atoms with van der Waals surface area (Å²) < 4.78 is 35.5. The fourth-order valence-electron chi connectivity index (χ4n) is 2.24. The van der Waals surface area contributed by atoms with Crippen LogP contribution in [0.2, 0.25) is 0 Å². The number of hydrogen-bond donors (Lipinski definition) is 0. The van der Waals surface area contributed by atoms with Gasteiger partial charge in [0.1, 0.15) is 0 Å². The van der Waals surface area contributed by atoms with Crippen LogP contribution in [0.15, 0.2) is 24.3 Å². The first-order valence-electron chi connectivity index (χ1n) is 7.31. The molecule has 0 bridgehead atoms. The third kappa shape index (κ3) is 3.55. The smallest absolute Gasteiger partial charge is 0.343 e. The molecule has 0 radical (unpaired) electrons. The Bertz CT molecular complexity index is 499. The lowest BCUT2D eigenvalue weighted by atomic mass is 10.2. The zero-order valence-electron chi connectivity index (χ0n) is 12.9. The Kier molecular flexibility index (Phi) is 5.58. The van der Waals surface area contributed by atoms with Crippen molar-refractivity contribution in [2.75, 3.05) is 13.2 Å². The fraction of sp³-hybridized carbons (Fsp3) is 0.600. The van der Waals surface area contributed by atoms with E-state index in [0.717, 1.165) is 0 Å². The van der Waals surface area contributed by atoms with Crippen molar-refractivity contribution in [2.45, 2.75) is 46.2 Å². The third-order valence-corrected chi connectivity index (χ3v) is 5.61. The predicted molar refractivity (Wildman–Crippen MR) is 80.8 cm³/mol. The van der Waals surface area contributed by atoms with Crippen LogP contribution in [-0.4, -0.2) is 25.4 Å². The highest BCUT2D eigenvalue weighted by Crippen LogP contribution is 2.49. The Balaban J connectivity index is 2.38. The highest BCUT2D eigenvalue weighted by molar-refractivity contribution is 7.62. The van der Waals surface area contributed by atoms with Crippen LogP contribution in [0.25, 0.3) is 0 Å². The lowest BCUT2D eigenvalue weighted by molar-refractivity contribution is -0.0647. The summed E-state index contributed by atoms with van der Waals surface area (Å²) in [6.45, 7) is 8.12. The van der Waals surface area contributed by atoms with Gasteiger partial charge in [-0.3, -0.25) is 4.57 Å². The monoisotopic (exact) mass is 314 g/mol. The molecule has 0 saturated carbocycles. The van der Waals surface area contributed by atoms with Crippen molar-refractivity contribution in [3.05, 3.63) is 29.8 Å². The van der Waals surface area contributed by atoms with Crippen LogP contribution in [0.5, 0.6) is 0 Å². The molecule has 0 N–H and O–H groups in total. The summed E-state index contributed by atoms with van der Waals surface area (Å²) in [6, 6.07) is 7.27. The minimum absolute atomic E-state index is 0.0124. The van der Waals surface area contributed by atoms with Gasteiger partial charge >= 0.3 is 7.60 Å². The summed E-state index contributed by atoms with van der Waals surface area (Å²) in [5, 5.41) is 0.514. The van der Waals surface area contributed by atoms with Crippen molar-refractivity contribution in [1.29, 1.82) is 0 Å². The van der Waals surface area contributed by atoms with E-state index in [1.807, 2.05) is 32.0 Å². The fourth-order valence-corrected chi connectivity index (χ4v) is 4.04. The zero-order valence-corrected chi connectivity index (χ0v) is 13.8. The largest absolute Gasteiger partial charge is 0.361 e. The Morgan fingerprint density at radius 2 is 1.57 bits per heavy atom. The van der Waals surface area contributed by atoms with Gasteiger partial charge in [-0.05, 0) is 33.8 Å². The molecule has 1 heterocycles. The molecule has 0 amide bonds. The third-order valence-electron chi connectivity index (χ3n) is 3.42. The maximum atomic E-state index is 13.0. The number of rotatable bonds is 6. The van der Waals surface area contributed by atoms with Gasteiger partial charge in [0.25, 0.3) is 0 Å². The average Bonchev–Trinajstić information content (AvgIpc) is 2.79. The number of benzene rings is 1. The minimum atomic E-state index is -3.36. The molecule has 6 heteroatoms. The lowest BCUT2D eigenvalue weighted by Gasteiger charge is -2.22. The van der Waals surface area contributed by atoms with Crippen LogP contribution < -0.4 is 5.30 Å². The van der Waals surface area contributed by atoms with Gasteiger partial charge in [-0.2, -0.15) is 0 Å². The molecule has 1 saturated heterocycles. The first kappa shape index (κ1) is 16.7. The molecule has 0 unspecified atom stereocenters. The molecule has 2 atom stereocenters. The van der Waals surface area contributed by atoms with Gasteiger partial charge in [-0.1, -0.05) is 18.2 Å². The summed E-state index contributed by atoms with van der Waals surface area (Å²) in [6.07, 6.45) is -0.566. The van der Waals surface area contributed by atoms with Crippen molar-refractivity contribution in [2.24, 2.45) is 0 Å². The van der Waals surface area contributed by atoms with E-state index >= 15 is 0 Å². The highest BCUT2D eigenvalue weighted by atomic mass is 31.2. The molecule has 1 aliphatic rings. The molecule has 118 valence electrons. The Morgan fingerprint density at radius 1 is 1.05 bits per heavy atom. The Hall–Kier alpha value is -0.710. The van der Waals surface area contributed by atoms with Gasteiger partial charge in [0.15, 0.2) is 6.29 Å². The quantitative estimate of drug-likeness (QED) is 0.753. The van der Waals surface area contributed by atoms with Gasteiger partial charge < -0.3 is 18.5 Å². The summed E-state index contributed by atoms with van der Waals surface area (Å²) >= 11 is 0. The average molecular weight is 314 g/mol. The molecule has 5 nitrogen and oxygen atoms in total. The van der Waals surface area contributed by atoms with Gasteiger partial charge in [0.05, 0.1) is 30.7 Å². The van der Waals surface area contributed by atoms with Crippen molar-refractivity contribution < 1.29 is 23.1 Å². The van der Waals surface area contributed by atoms with Crippen molar-refractivity contribution in [3.63, 3.8) is 0 Å². The summed E-state index contributed by atoms with van der Waals surface area (Å²) in [7, 11) is -3.36. The van der Waals surface area contributed by atoms with E-state index in [2.05, 4.69) is 0 Å². The van der Waals surface area contributed by atoms with Crippen molar-refractivity contribution in [1.82, 2.24) is 0 Å². The molecular formula is C15H23O5P. The molecular weight excluding hydrogens is 291 g/mol. The second-order valence-corrected chi connectivity index (χ2v) is 6.90. The number of ether oxygens (including phenoxy) is 2. The van der Waals surface area contributed by atoms with E-state index in [-0.39, 0.29) is 12.2 Å². The van der Waals surface area contributed by atoms with Crippen LogP contribution in [0.4, 0.5) is 0 Å². The molecule has 21 heavy (non-hydrogen) atoms. The molecule has 0 aromatic heterocycles. The minimum Gasteiger partial charge on any atom is -0.343 e. The second-order valence-electron chi connectivity index (χ2n) is 4.91. The van der Waals surface area contributed by atoms with E-state index in [9.17, 15) is 4.57 Å². The van der Waals surface area contributed by atoms with Crippen LogP contribution >= 0.6 is 7.60 Å². The van der Waals surface area contributed by atoms with Crippen LogP contribution in [0.1, 0.15) is 39.5 Å². The summed E-state index contributed by atoms with van der Waals surface area (Å²) in [4.78, 5) is 0. The standard InChI is InChI=1S/C15H23O5P/c1-5-17-21(16,18-6-2)14-10-8-7-9-13(14)15-19-11(3)12(4)20-15/h7-12,15H,5-6H2,1-4H3/t11-,12-/m1/s1. The van der Waals surface area contributed by atoms with E-state index in [1.165, 1.54) is 0 Å². The zero-order chi connectivity index (χ0) is 15.5. The maximum absolute atomic E-state index is 13.0. The van der Waals surface area contributed by atoms with E-state index in [4.69, 9.17) is 18.5 Å². The molecule has 0 aliphatic carbocycles. The van der Waals surface area contributed by atoms with Crippen LogP contribution in [0, 0.1) is 0 Å². The van der Waals surface area contributed by atoms with Gasteiger partial charge in [0.2, 0.25) is 0 Å². The number of hydrogen-bond acceptors (Lipinski definition) is 5. The highest BCUT2D eigenvalue weighted by Gasteiger charge is 2.37. The van der Waals surface area contributed by atoms with Crippen LogP contribution in [-0.2, 0) is 23.1 Å². The van der Waals surface area contributed by atoms with Gasteiger partial charge in [-0.25, -0.2) is 0 Å². The molecule has 1 aromatic rings. The summed E-state index contributed by atoms with van der Waals surface area (Å²) in [5.74, 6) is 0.